The zero-order valence-corrected chi connectivity index (χ0v) is 17.3. The highest BCUT2D eigenvalue weighted by Crippen LogP contribution is 2.35. The van der Waals surface area contributed by atoms with Gasteiger partial charge in [-0.2, -0.15) is 0 Å². The Bertz CT molecular complexity index is 1180. The molecule has 1 saturated heterocycles. The fourth-order valence-electron chi connectivity index (χ4n) is 4.89. The van der Waals surface area contributed by atoms with Crippen molar-refractivity contribution in [3.63, 3.8) is 0 Å². The first-order chi connectivity index (χ1) is 14.8. The monoisotopic (exact) mass is 401 g/mol. The Morgan fingerprint density at radius 2 is 1.77 bits per heavy atom. The summed E-state index contributed by atoms with van der Waals surface area (Å²) < 4.78 is 4.55. The standard InChI is InChI=1S/C23H27N7/c1-24-18-15-19(16-18)29-9-7-17-5-6-21(26-23(17)29)27-11-13-28(14-12-27)22-4-2-3-20-25-8-10-30(20)22/h2-10,18-19,24H,11-16H2,1H3. The summed E-state index contributed by atoms with van der Waals surface area (Å²) in [6.07, 6.45) is 8.49. The van der Waals surface area contributed by atoms with E-state index in [9.17, 15) is 0 Å². The number of nitrogens with one attached hydrogen (secondary N) is 1. The van der Waals surface area contributed by atoms with Crippen LogP contribution < -0.4 is 15.1 Å². The minimum atomic E-state index is 0.565. The van der Waals surface area contributed by atoms with Crippen LogP contribution in [0.1, 0.15) is 18.9 Å². The van der Waals surface area contributed by atoms with Crippen LogP contribution in [-0.4, -0.2) is 58.2 Å². The van der Waals surface area contributed by atoms with Gasteiger partial charge in [0, 0.05) is 62.2 Å². The fraction of sp³-hybridized carbons (Fsp3) is 0.391. The van der Waals surface area contributed by atoms with E-state index in [-0.39, 0.29) is 0 Å². The number of rotatable bonds is 4. The summed E-state index contributed by atoms with van der Waals surface area (Å²) in [6, 6.07) is 14.1. The molecule has 2 aliphatic rings. The minimum absolute atomic E-state index is 0.565. The van der Waals surface area contributed by atoms with E-state index in [1.54, 1.807) is 0 Å². The molecule has 0 amide bonds. The van der Waals surface area contributed by atoms with Crippen molar-refractivity contribution in [1.29, 1.82) is 0 Å². The van der Waals surface area contributed by atoms with Gasteiger partial charge >= 0.3 is 0 Å². The summed E-state index contributed by atoms with van der Waals surface area (Å²) in [5.41, 5.74) is 2.12. The van der Waals surface area contributed by atoms with Crippen molar-refractivity contribution in [2.24, 2.45) is 0 Å². The van der Waals surface area contributed by atoms with Crippen LogP contribution in [0.3, 0.4) is 0 Å². The van der Waals surface area contributed by atoms with E-state index in [1.165, 1.54) is 24.0 Å². The second kappa shape index (κ2) is 7.02. The number of anilines is 2. The summed E-state index contributed by atoms with van der Waals surface area (Å²) in [5.74, 6) is 2.30. The molecule has 4 aromatic heterocycles. The van der Waals surface area contributed by atoms with Crippen LogP contribution in [-0.2, 0) is 0 Å². The number of fused-ring (bicyclic) bond motifs is 2. The zero-order chi connectivity index (χ0) is 20.1. The van der Waals surface area contributed by atoms with Crippen LogP contribution in [0.2, 0.25) is 0 Å². The molecule has 0 spiro atoms. The van der Waals surface area contributed by atoms with Gasteiger partial charge in [0.15, 0.2) is 0 Å². The van der Waals surface area contributed by atoms with Crippen molar-refractivity contribution in [2.45, 2.75) is 24.9 Å². The molecule has 7 nitrogen and oxygen atoms in total. The molecule has 154 valence electrons. The lowest BCUT2D eigenvalue weighted by molar-refractivity contribution is 0.240. The van der Waals surface area contributed by atoms with E-state index in [0.717, 1.165) is 43.3 Å². The summed E-state index contributed by atoms with van der Waals surface area (Å²) in [7, 11) is 2.05. The SMILES string of the molecule is CNC1CC(n2ccc3ccc(N4CCN(c5cccc6nccn56)CC4)nc32)C1. The molecule has 1 aliphatic heterocycles. The Hall–Kier alpha value is -3.06. The van der Waals surface area contributed by atoms with Crippen molar-refractivity contribution >= 4 is 28.3 Å². The average molecular weight is 402 g/mol. The molecule has 1 saturated carbocycles. The third-order valence-corrected chi connectivity index (χ3v) is 6.80. The van der Waals surface area contributed by atoms with Gasteiger partial charge in [-0.3, -0.25) is 4.40 Å². The zero-order valence-electron chi connectivity index (χ0n) is 17.3. The number of nitrogens with zero attached hydrogens (tertiary/aromatic N) is 6. The molecule has 7 heteroatoms. The van der Waals surface area contributed by atoms with Gasteiger partial charge < -0.3 is 19.7 Å². The largest absolute Gasteiger partial charge is 0.354 e. The number of pyridine rings is 2. The highest BCUT2D eigenvalue weighted by atomic mass is 15.3. The predicted octanol–water partition coefficient (Wildman–Crippen LogP) is 2.93. The van der Waals surface area contributed by atoms with Crippen LogP contribution in [0.25, 0.3) is 16.7 Å². The van der Waals surface area contributed by atoms with E-state index in [4.69, 9.17) is 4.98 Å². The second-order valence-electron chi connectivity index (χ2n) is 8.43. The van der Waals surface area contributed by atoms with E-state index < -0.39 is 0 Å². The fourth-order valence-corrected chi connectivity index (χ4v) is 4.89. The molecule has 1 N–H and O–H groups in total. The smallest absolute Gasteiger partial charge is 0.142 e. The molecule has 0 radical (unpaired) electrons. The first-order valence-corrected chi connectivity index (χ1v) is 10.9. The van der Waals surface area contributed by atoms with Crippen LogP contribution in [0.5, 0.6) is 0 Å². The lowest BCUT2D eigenvalue weighted by Crippen LogP contribution is -2.47. The molecule has 1 aliphatic carbocycles. The predicted molar refractivity (Wildman–Crippen MR) is 120 cm³/mol. The number of piperazine rings is 1. The van der Waals surface area contributed by atoms with Crippen molar-refractivity contribution in [3.8, 4) is 0 Å². The van der Waals surface area contributed by atoms with Crippen LogP contribution in [0.15, 0.2) is 55.0 Å². The highest BCUT2D eigenvalue weighted by molar-refractivity contribution is 5.78. The summed E-state index contributed by atoms with van der Waals surface area (Å²) in [4.78, 5) is 14.4. The molecule has 30 heavy (non-hydrogen) atoms. The van der Waals surface area contributed by atoms with E-state index in [1.807, 2.05) is 12.4 Å². The third-order valence-electron chi connectivity index (χ3n) is 6.80. The second-order valence-corrected chi connectivity index (χ2v) is 8.43. The molecule has 2 fully saturated rings. The Morgan fingerprint density at radius 1 is 0.933 bits per heavy atom. The molecular formula is C23H27N7. The van der Waals surface area contributed by atoms with E-state index in [2.05, 4.69) is 78.7 Å². The van der Waals surface area contributed by atoms with Crippen molar-refractivity contribution in [3.05, 3.63) is 55.0 Å². The van der Waals surface area contributed by atoms with Gasteiger partial charge in [-0.1, -0.05) is 6.07 Å². The van der Waals surface area contributed by atoms with Crippen LogP contribution >= 0.6 is 0 Å². The molecule has 0 unspecified atom stereocenters. The summed E-state index contributed by atoms with van der Waals surface area (Å²) in [6.45, 7) is 3.89. The molecule has 4 aromatic rings. The van der Waals surface area contributed by atoms with Gasteiger partial charge in [0.05, 0.1) is 0 Å². The Labute approximate surface area is 175 Å². The highest BCUT2D eigenvalue weighted by Gasteiger charge is 2.30. The number of aromatic nitrogens is 4. The molecule has 6 rings (SSSR count). The average Bonchev–Trinajstić information content (AvgIpc) is 3.40. The molecular weight excluding hydrogens is 374 g/mol. The van der Waals surface area contributed by atoms with Crippen LogP contribution in [0, 0.1) is 0 Å². The molecule has 0 aromatic carbocycles. The maximum atomic E-state index is 5.09. The van der Waals surface area contributed by atoms with Gasteiger partial charge in [0.1, 0.15) is 22.9 Å². The maximum Gasteiger partial charge on any atom is 0.142 e. The Morgan fingerprint density at radius 3 is 2.60 bits per heavy atom. The first-order valence-electron chi connectivity index (χ1n) is 10.9. The lowest BCUT2D eigenvalue weighted by atomic mass is 9.87. The van der Waals surface area contributed by atoms with Gasteiger partial charge in [-0.15, -0.1) is 0 Å². The summed E-state index contributed by atoms with van der Waals surface area (Å²) >= 11 is 0. The topological polar surface area (TPSA) is 53.6 Å². The quantitative estimate of drug-likeness (QED) is 0.570. The first kappa shape index (κ1) is 17.8. The normalized spacial score (nSPS) is 22.0. The number of hydrogen-bond acceptors (Lipinski definition) is 5. The minimum Gasteiger partial charge on any atom is -0.354 e. The number of imidazole rings is 1. The Balaban J connectivity index is 1.21. The van der Waals surface area contributed by atoms with Gasteiger partial charge in [-0.05, 0) is 50.2 Å². The summed E-state index contributed by atoms with van der Waals surface area (Å²) in [5, 5.41) is 4.61. The third kappa shape index (κ3) is 2.84. The van der Waals surface area contributed by atoms with Crippen molar-refractivity contribution < 1.29 is 0 Å². The van der Waals surface area contributed by atoms with Gasteiger partial charge in [0.2, 0.25) is 0 Å². The molecule has 5 heterocycles. The Kier molecular flexibility index (Phi) is 4.16. The van der Waals surface area contributed by atoms with Crippen LogP contribution in [0.4, 0.5) is 11.6 Å². The van der Waals surface area contributed by atoms with Gasteiger partial charge in [-0.25, -0.2) is 9.97 Å². The number of hydrogen-bond donors (Lipinski definition) is 1. The van der Waals surface area contributed by atoms with Crippen molar-refractivity contribution in [1.82, 2.24) is 24.3 Å². The maximum absolute atomic E-state index is 5.09. The van der Waals surface area contributed by atoms with E-state index >= 15 is 0 Å². The van der Waals surface area contributed by atoms with E-state index in [0.29, 0.717) is 12.1 Å². The lowest BCUT2D eigenvalue weighted by Gasteiger charge is -2.37. The van der Waals surface area contributed by atoms with Crippen molar-refractivity contribution in [2.75, 3.05) is 43.0 Å². The molecule has 0 bridgehead atoms. The van der Waals surface area contributed by atoms with Gasteiger partial charge in [0.25, 0.3) is 0 Å². The molecule has 0 atom stereocenters.